The van der Waals surface area contributed by atoms with Crippen LogP contribution < -0.4 is 5.32 Å². The summed E-state index contributed by atoms with van der Waals surface area (Å²) in [5.41, 5.74) is -0.420. The number of likely N-dealkylation sites (tertiary alicyclic amines) is 1. The third-order valence-corrected chi connectivity index (χ3v) is 4.82. The van der Waals surface area contributed by atoms with Crippen molar-refractivity contribution in [2.45, 2.75) is 83.9 Å². The lowest BCUT2D eigenvalue weighted by Gasteiger charge is -2.34. The molecule has 1 saturated heterocycles. The predicted octanol–water partition coefficient (Wildman–Crippen LogP) is 3.56. The van der Waals surface area contributed by atoms with E-state index < -0.39 is 5.60 Å². The quantitative estimate of drug-likeness (QED) is 0.636. The van der Waals surface area contributed by atoms with E-state index in [-0.39, 0.29) is 6.09 Å². The minimum absolute atomic E-state index is 0.137. The molecule has 0 bridgehead atoms. The molecule has 1 amide bonds. The van der Waals surface area contributed by atoms with Gasteiger partial charge in [-0.2, -0.15) is 0 Å². The number of amides is 1. The van der Waals surface area contributed by atoms with Crippen molar-refractivity contribution < 1.29 is 9.53 Å². The summed E-state index contributed by atoms with van der Waals surface area (Å²) < 4.78 is 5.61. The highest BCUT2D eigenvalue weighted by atomic mass is 16.6. The number of nitrogens with zero attached hydrogens (tertiary/aromatic N) is 1. The molecule has 130 valence electrons. The Hall–Kier alpha value is -1.21. The summed E-state index contributed by atoms with van der Waals surface area (Å²) in [6.07, 6.45) is 6.64. The number of carbonyl (C=O) groups is 1. The van der Waals surface area contributed by atoms with Crippen LogP contribution in [-0.4, -0.2) is 41.8 Å². The van der Waals surface area contributed by atoms with Gasteiger partial charge in [0.1, 0.15) is 5.60 Å². The van der Waals surface area contributed by atoms with Crippen molar-refractivity contribution in [1.29, 1.82) is 0 Å². The van der Waals surface area contributed by atoms with Gasteiger partial charge in [0.25, 0.3) is 0 Å². The Kier molecular flexibility index (Phi) is 6.35. The van der Waals surface area contributed by atoms with Gasteiger partial charge >= 0.3 is 6.09 Å². The molecule has 2 aliphatic rings. The molecule has 0 aromatic rings. The van der Waals surface area contributed by atoms with E-state index in [0.717, 1.165) is 32.4 Å². The smallest absolute Gasteiger partial charge is 0.410 e. The van der Waals surface area contributed by atoms with Gasteiger partial charge in [0.05, 0.1) is 0 Å². The Morgan fingerprint density at radius 2 is 2.04 bits per heavy atom. The van der Waals surface area contributed by atoms with Gasteiger partial charge in [0, 0.05) is 31.6 Å². The molecule has 4 nitrogen and oxygen atoms in total. The second-order valence-electron chi connectivity index (χ2n) is 7.72. The zero-order valence-corrected chi connectivity index (χ0v) is 15.2. The standard InChI is InChI=1S/C19H32N2O2/c1-5-6-7-13-20-16-11-8-10-15(16)17-12-9-14-21(17)18(22)23-19(2,3)4/h15-17,20H,7-14H2,1-4H3. The first-order valence-corrected chi connectivity index (χ1v) is 9.05. The van der Waals surface area contributed by atoms with Gasteiger partial charge in [-0.1, -0.05) is 6.42 Å². The van der Waals surface area contributed by atoms with Crippen molar-refractivity contribution in [3.05, 3.63) is 0 Å². The monoisotopic (exact) mass is 320 g/mol. The maximum absolute atomic E-state index is 12.5. The Morgan fingerprint density at radius 1 is 1.26 bits per heavy atom. The number of rotatable bonds is 4. The van der Waals surface area contributed by atoms with Crippen LogP contribution in [0.25, 0.3) is 0 Å². The molecule has 1 N–H and O–H groups in total. The van der Waals surface area contributed by atoms with Crippen molar-refractivity contribution >= 4 is 6.09 Å². The van der Waals surface area contributed by atoms with Crippen LogP contribution in [0.5, 0.6) is 0 Å². The summed E-state index contributed by atoms with van der Waals surface area (Å²) in [4.78, 5) is 14.5. The van der Waals surface area contributed by atoms with Crippen LogP contribution in [0.2, 0.25) is 0 Å². The molecular formula is C19H32N2O2. The fourth-order valence-corrected chi connectivity index (χ4v) is 3.93. The largest absolute Gasteiger partial charge is 0.444 e. The number of carbonyl (C=O) groups excluding carboxylic acids is 1. The molecule has 0 aromatic heterocycles. The average molecular weight is 320 g/mol. The molecule has 2 rings (SSSR count). The Morgan fingerprint density at radius 3 is 2.74 bits per heavy atom. The summed E-state index contributed by atoms with van der Waals surface area (Å²) in [5.74, 6) is 6.61. The second kappa shape index (κ2) is 8.06. The Bertz CT molecular complexity index is 458. The van der Waals surface area contributed by atoms with E-state index in [2.05, 4.69) is 17.2 Å². The normalized spacial score (nSPS) is 27.7. The lowest BCUT2D eigenvalue weighted by molar-refractivity contribution is 0.0167. The van der Waals surface area contributed by atoms with Crippen LogP contribution in [0.3, 0.4) is 0 Å². The zero-order valence-electron chi connectivity index (χ0n) is 15.2. The molecule has 0 spiro atoms. The molecule has 1 heterocycles. The van der Waals surface area contributed by atoms with Crippen molar-refractivity contribution in [2.24, 2.45) is 5.92 Å². The third kappa shape index (κ3) is 5.14. The van der Waals surface area contributed by atoms with Gasteiger partial charge in [-0.05, 0) is 59.3 Å². The fourth-order valence-electron chi connectivity index (χ4n) is 3.93. The number of nitrogens with one attached hydrogen (secondary N) is 1. The fraction of sp³-hybridized carbons (Fsp3) is 0.842. The summed E-state index contributed by atoms with van der Waals surface area (Å²) >= 11 is 0. The molecule has 1 aliphatic heterocycles. The van der Waals surface area contributed by atoms with E-state index in [1.165, 1.54) is 19.3 Å². The Balaban J connectivity index is 1.94. The van der Waals surface area contributed by atoms with Gasteiger partial charge in [0.15, 0.2) is 0 Å². The molecule has 23 heavy (non-hydrogen) atoms. The first-order chi connectivity index (χ1) is 10.9. The maximum Gasteiger partial charge on any atom is 0.410 e. The summed E-state index contributed by atoms with van der Waals surface area (Å²) in [7, 11) is 0. The molecule has 3 unspecified atom stereocenters. The lowest BCUT2D eigenvalue weighted by atomic mass is 9.92. The van der Waals surface area contributed by atoms with Crippen molar-refractivity contribution in [3.8, 4) is 11.8 Å². The summed E-state index contributed by atoms with van der Waals surface area (Å²) in [5, 5.41) is 3.67. The summed E-state index contributed by atoms with van der Waals surface area (Å²) in [6.45, 7) is 9.47. The summed E-state index contributed by atoms with van der Waals surface area (Å²) in [6, 6.07) is 0.851. The van der Waals surface area contributed by atoms with Crippen LogP contribution in [-0.2, 0) is 4.74 Å². The van der Waals surface area contributed by atoms with Gasteiger partial charge in [0.2, 0.25) is 0 Å². The topological polar surface area (TPSA) is 41.6 Å². The molecular weight excluding hydrogens is 288 g/mol. The van der Waals surface area contributed by atoms with Crippen LogP contribution >= 0.6 is 0 Å². The van der Waals surface area contributed by atoms with Crippen molar-refractivity contribution in [1.82, 2.24) is 10.2 Å². The second-order valence-corrected chi connectivity index (χ2v) is 7.72. The van der Waals surface area contributed by atoms with E-state index >= 15 is 0 Å². The third-order valence-electron chi connectivity index (χ3n) is 4.82. The van der Waals surface area contributed by atoms with E-state index in [0.29, 0.717) is 18.0 Å². The first-order valence-electron chi connectivity index (χ1n) is 9.05. The molecule has 1 saturated carbocycles. The predicted molar refractivity (Wildman–Crippen MR) is 93.2 cm³/mol. The van der Waals surface area contributed by atoms with E-state index in [9.17, 15) is 4.79 Å². The van der Waals surface area contributed by atoms with E-state index in [1.54, 1.807) is 0 Å². The Labute approximate surface area is 141 Å². The van der Waals surface area contributed by atoms with Gasteiger partial charge < -0.3 is 15.0 Å². The number of hydrogen-bond acceptors (Lipinski definition) is 3. The van der Waals surface area contributed by atoms with Crippen LogP contribution in [0, 0.1) is 17.8 Å². The zero-order chi connectivity index (χ0) is 16.9. The molecule has 0 radical (unpaired) electrons. The molecule has 3 atom stereocenters. The molecule has 1 aliphatic carbocycles. The molecule has 2 fully saturated rings. The maximum atomic E-state index is 12.5. The van der Waals surface area contributed by atoms with E-state index in [1.807, 2.05) is 32.6 Å². The number of hydrogen-bond donors (Lipinski definition) is 1. The lowest BCUT2D eigenvalue weighted by Crippen LogP contribution is -2.47. The van der Waals surface area contributed by atoms with Crippen molar-refractivity contribution in [3.63, 3.8) is 0 Å². The van der Waals surface area contributed by atoms with Gasteiger partial charge in [-0.25, -0.2) is 4.79 Å². The van der Waals surface area contributed by atoms with Crippen LogP contribution in [0.1, 0.15) is 66.2 Å². The highest BCUT2D eigenvalue weighted by Crippen LogP contribution is 2.36. The van der Waals surface area contributed by atoms with Crippen LogP contribution in [0.15, 0.2) is 0 Å². The van der Waals surface area contributed by atoms with E-state index in [4.69, 9.17) is 4.74 Å². The van der Waals surface area contributed by atoms with Crippen LogP contribution in [0.4, 0.5) is 4.79 Å². The highest BCUT2D eigenvalue weighted by Gasteiger charge is 2.41. The minimum atomic E-state index is -0.420. The molecule has 0 aromatic carbocycles. The highest BCUT2D eigenvalue weighted by molar-refractivity contribution is 5.69. The first kappa shape index (κ1) is 18.1. The van der Waals surface area contributed by atoms with Gasteiger partial charge in [-0.3, -0.25) is 0 Å². The average Bonchev–Trinajstić information content (AvgIpc) is 3.09. The van der Waals surface area contributed by atoms with Crippen molar-refractivity contribution in [2.75, 3.05) is 13.1 Å². The molecule has 4 heteroatoms. The number of ether oxygens (including phenoxy) is 1. The minimum Gasteiger partial charge on any atom is -0.444 e. The van der Waals surface area contributed by atoms with Gasteiger partial charge in [-0.15, -0.1) is 11.8 Å². The SMILES string of the molecule is CC#CCCNC1CCCC1C1CCCN1C(=O)OC(C)(C)C.